The molecule has 1 heterocycles. The van der Waals surface area contributed by atoms with E-state index in [1.54, 1.807) is 7.11 Å². The third-order valence-corrected chi connectivity index (χ3v) is 2.63. The van der Waals surface area contributed by atoms with Crippen LogP contribution in [0.15, 0.2) is 24.4 Å². The Labute approximate surface area is 118 Å². The zero-order valence-electron chi connectivity index (χ0n) is 13.2. The minimum Gasteiger partial charge on any atom is -0.384 e. The lowest BCUT2D eigenvalue weighted by Crippen LogP contribution is -2.13. The molecule has 1 aromatic rings. The van der Waals surface area contributed by atoms with E-state index in [-0.39, 0.29) is 0 Å². The van der Waals surface area contributed by atoms with Crippen LogP contribution >= 0.6 is 0 Å². The van der Waals surface area contributed by atoms with Gasteiger partial charge in [-0.3, -0.25) is 4.98 Å². The van der Waals surface area contributed by atoms with Gasteiger partial charge in [0.05, 0.1) is 12.3 Å². The van der Waals surface area contributed by atoms with Crippen LogP contribution in [-0.4, -0.2) is 37.7 Å². The van der Waals surface area contributed by atoms with Crippen molar-refractivity contribution in [2.45, 2.75) is 33.7 Å². The van der Waals surface area contributed by atoms with Crippen molar-refractivity contribution in [1.29, 1.82) is 0 Å². The van der Waals surface area contributed by atoms with Gasteiger partial charge in [-0.15, -0.1) is 0 Å². The molecule has 0 saturated carbocycles. The molecule has 3 heteroatoms. The lowest BCUT2D eigenvalue weighted by Gasteiger charge is -2.15. The number of ether oxygens (including phenoxy) is 1. The van der Waals surface area contributed by atoms with Gasteiger partial charge in [0.1, 0.15) is 0 Å². The van der Waals surface area contributed by atoms with Crippen molar-refractivity contribution >= 4 is 5.57 Å². The second-order valence-electron chi connectivity index (χ2n) is 4.29. The smallest absolute Gasteiger partial charge is 0.0618 e. The lowest BCUT2D eigenvalue weighted by molar-refractivity contribution is 0.206. The molecule has 0 aliphatic carbocycles. The molecule has 1 rings (SSSR count). The Kier molecular flexibility index (Phi) is 10.0. The van der Waals surface area contributed by atoms with Crippen LogP contribution in [0.3, 0.4) is 0 Å². The number of methoxy groups -OCH3 is 1. The summed E-state index contributed by atoms with van der Waals surface area (Å²) in [5, 5.41) is 0. The third-order valence-electron chi connectivity index (χ3n) is 2.63. The molecule has 0 atom stereocenters. The quantitative estimate of drug-likeness (QED) is 0.785. The van der Waals surface area contributed by atoms with Crippen molar-refractivity contribution in [3.8, 4) is 0 Å². The molecule has 0 unspecified atom stereocenters. The van der Waals surface area contributed by atoms with E-state index in [1.165, 1.54) is 11.1 Å². The molecule has 0 saturated heterocycles. The van der Waals surface area contributed by atoms with Gasteiger partial charge in [-0.2, -0.15) is 0 Å². The maximum atomic E-state index is 5.14. The SMILES string of the molecule is C/C=C(\CCOC)c1cccnc1CN(C)C.CC. The maximum absolute atomic E-state index is 5.14. The molecule has 108 valence electrons. The Morgan fingerprint density at radius 1 is 1.37 bits per heavy atom. The number of hydrogen-bond acceptors (Lipinski definition) is 3. The van der Waals surface area contributed by atoms with Crippen LogP contribution < -0.4 is 0 Å². The van der Waals surface area contributed by atoms with Crippen LogP contribution in [0.4, 0.5) is 0 Å². The van der Waals surface area contributed by atoms with Gasteiger partial charge in [-0.25, -0.2) is 0 Å². The molecule has 19 heavy (non-hydrogen) atoms. The highest BCUT2D eigenvalue weighted by atomic mass is 16.5. The molecule has 0 radical (unpaired) electrons. The molecule has 0 spiro atoms. The highest BCUT2D eigenvalue weighted by Crippen LogP contribution is 2.21. The third kappa shape index (κ3) is 6.50. The Morgan fingerprint density at radius 2 is 2.05 bits per heavy atom. The van der Waals surface area contributed by atoms with Crippen LogP contribution in [0, 0.1) is 0 Å². The summed E-state index contributed by atoms with van der Waals surface area (Å²) in [7, 11) is 5.85. The molecule has 3 nitrogen and oxygen atoms in total. The number of hydrogen-bond donors (Lipinski definition) is 0. The van der Waals surface area contributed by atoms with Gasteiger partial charge < -0.3 is 9.64 Å². The predicted molar refractivity (Wildman–Crippen MR) is 83.1 cm³/mol. The molecular weight excluding hydrogens is 236 g/mol. The largest absolute Gasteiger partial charge is 0.384 e. The highest BCUT2D eigenvalue weighted by Gasteiger charge is 2.08. The molecule has 0 aliphatic rings. The van der Waals surface area contributed by atoms with Crippen molar-refractivity contribution in [2.75, 3.05) is 27.8 Å². The first kappa shape index (κ1) is 17.8. The monoisotopic (exact) mass is 264 g/mol. The standard InChI is InChI=1S/C14H22N2O.C2H6/c1-5-12(8-10-17-4)13-7-6-9-15-14(13)11-16(2)3;1-2/h5-7,9H,8,10-11H2,1-4H3;1-2H3/b12-5+;. The average molecular weight is 264 g/mol. The minimum atomic E-state index is 0.746. The topological polar surface area (TPSA) is 25.4 Å². The van der Waals surface area contributed by atoms with E-state index in [0.717, 1.165) is 25.3 Å². The van der Waals surface area contributed by atoms with Crippen molar-refractivity contribution < 1.29 is 4.74 Å². The summed E-state index contributed by atoms with van der Waals surface area (Å²) in [5.41, 5.74) is 3.67. The summed E-state index contributed by atoms with van der Waals surface area (Å²) in [4.78, 5) is 6.61. The van der Waals surface area contributed by atoms with Gasteiger partial charge in [-0.05, 0) is 39.1 Å². The molecule has 0 bridgehead atoms. The van der Waals surface area contributed by atoms with E-state index in [0.29, 0.717) is 0 Å². The first-order valence-electron chi connectivity index (χ1n) is 6.92. The molecule has 0 amide bonds. The summed E-state index contributed by atoms with van der Waals surface area (Å²) in [6.45, 7) is 7.67. The lowest BCUT2D eigenvalue weighted by atomic mass is 10.0. The van der Waals surface area contributed by atoms with Gasteiger partial charge in [0.15, 0.2) is 0 Å². The minimum absolute atomic E-state index is 0.746. The van der Waals surface area contributed by atoms with Gasteiger partial charge in [0.2, 0.25) is 0 Å². The van der Waals surface area contributed by atoms with E-state index in [9.17, 15) is 0 Å². The molecule has 0 aliphatic heterocycles. The number of pyridine rings is 1. The molecular formula is C16H28N2O. The zero-order valence-corrected chi connectivity index (χ0v) is 13.2. The second kappa shape index (κ2) is 10.7. The number of aromatic nitrogens is 1. The molecule has 0 N–H and O–H groups in total. The van der Waals surface area contributed by atoms with E-state index >= 15 is 0 Å². The zero-order chi connectivity index (χ0) is 14.7. The van der Waals surface area contributed by atoms with E-state index in [4.69, 9.17) is 4.74 Å². The van der Waals surface area contributed by atoms with Crippen LogP contribution in [0.1, 0.15) is 38.4 Å². The Balaban J connectivity index is 0.00000154. The predicted octanol–water partition coefficient (Wildman–Crippen LogP) is 3.61. The second-order valence-corrected chi connectivity index (χ2v) is 4.29. The molecule has 0 aromatic carbocycles. The fourth-order valence-corrected chi connectivity index (χ4v) is 1.80. The highest BCUT2D eigenvalue weighted by molar-refractivity contribution is 5.67. The Morgan fingerprint density at radius 3 is 2.58 bits per heavy atom. The first-order chi connectivity index (χ1) is 9.19. The van der Waals surface area contributed by atoms with Crippen molar-refractivity contribution in [3.63, 3.8) is 0 Å². The van der Waals surface area contributed by atoms with Gasteiger partial charge in [0.25, 0.3) is 0 Å². The average Bonchev–Trinajstić information content (AvgIpc) is 2.43. The normalized spacial score (nSPS) is 11.2. The summed E-state index contributed by atoms with van der Waals surface area (Å²) < 4.78 is 5.14. The number of nitrogens with zero attached hydrogens (tertiary/aromatic N) is 2. The van der Waals surface area contributed by atoms with E-state index in [1.807, 2.05) is 26.1 Å². The fourth-order valence-electron chi connectivity index (χ4n) is 1.80. The van der Waals surface area contributed by atoms with Gasteiger partial charge in [-0.1, -0.05) is 26.0 Å². The van der Waals surface area contributed by atoms with Crippen molar-refractivity contribution in [3.05, 3.63) is 35.7 Å². The molecule has 1 aromatic heterocycles. The van der Waals surface area contributed by atoms with Crippen LogP contribution in [0.25, 0.3) is 5.57 Å². The number of rotatable bonds is 6. The fraction of sp³-hybridized carbons (Fsp3) is 0.562. The molecule has 0 fully saturated rings. The van der Waals surface area contributed by atoms with Gasteiger partial charge >= 0.3 is 0 Å². The summed E-state index contributed by atoms with van der Waals surface area (Å²) in [5.74, 6) is 0. The first-order valence-corrected chi connectivity index (χ1v) is 6.92. The van der Waals surface area contributed by atoms with Gasteiger partial charge in [0, 0.05) is 25.4 Å². The Hall–Kier alpha value is -1.19. The van der Waals surface area contributed by atoms with E-state index < -0.39 is 0 Å². The van der Waals surface area contributed by atoms with Crippen LogP contribution in [0.5, 0.6) is 0 Å². The summed E-state index contributed by atoms with van der Waals surface area (Å²) >= 11 is 0. The van der Waals surface area contributed by atoms with Crippen molar-refractivity contribution in [1.82, 2.24) is 9.88 Å². The maximum Gasteiger partial charge on any atom is 0.0618 e. The van der Waals surface area contributed by atoms with Crippen molar-refractivity contribution in [2.24, 2.45) is 0 Å². The Bertz CT molecular complexity index is 373. The number of allylic oxidation sites excluding steroid dienone is 1. The summed E-state index contributed by atoms with van der Waals surface area (Å²) in [6.07, 6.45) is 4.93. The van der Waals surface area contributed by atoms with Crippen LogP contribution in [0.2, 0.25) is 0 Å². The van der Waals surface area contributed by atoms with Crippen LogP contribution in [-0.2, 0) is 11.3 Å². The summed E-state index contributed by atoms with van der Waals surface area (Å²) in [6, 6.07) is 4.13. The van der Waals surface area contributed by atoms with E-state index in [2.05, 4.69) is 43.0 Å².